The maximum absolute atomic E-state index is 11.6. The minimum absolute atomic E-state index is 0.0602. The van der Waals surface area contributed by atoms with E-state index in [1.165, 1.54) is 7.11 Å². The van der Waals surface area contributed by atoms with Crippen LogP contribution >= 0.6 is 0 Å². The summed E-state index contributed by atoms with van der Waals surface area (Å²) in [4.78, 5) is 33.5. The summed E-state index contributed by atoms with van der Waals surface area (Å²) in [6, 6.07) is 8.15. The summed E-state index contributed by atoms with van der Waals surface area (Å²) in [6.07, 6.45) is -1.41. The van der Waals surface area contributed by atoms with Crippen LogP contribution < -0.4 is 5.32 Å². The number of nitrogens with one attached hydrogen (secondary N) is 1. The number of carboxylic acids is 1. The molecule has 1 amide bonds. The van der Waals surface area contributed by atoms with Crippen molar-refractivity contribution in [1.29, 1.82) is 0 Å². The Kier molecular flexibility index (Phi) is 6.73. The molecule has 1 atom stereocenters. The molecule has 0 aliphatic rings. The van der Waals surface area contributed by atoms with Gasteiger partial charge in [0.2, 0.25) is 0 Å². The van der Waals surface area contributed by atoms with E-state index >= 15 is 0 Å². The molecule has 7 heteroatoms. The van der Waals surface area contributed by atoms with E-state index in [-0.39, 0.29) is 13.0 Å². The molecule has 0 spiro atoms. The number of hydrogen-bond donors (Lipinski definition) is 2. The van der Waals surface area contributed by atoms with Crippen molar-refractivity contribution >= 4 is 18.0 Å². The van der Waals surface area contributed by atoms with Crippen molar-refractivity contribution in [3.05, 3.63) is 35.9 Å². The Morgan fingerprint density at radius 2 is 1.86 bits per heavy atom. The van der Waals surface area contributed by atoms with Crippen molar-refractivity contribution in [3.63, 3.8) is 0 Å². The molecule has 114 valence electrons. The first kappa shape index (κ1) is 16.5. The van der Waals surface area contributed by atoms with Crippen LogP contribution in [0.2, 0.25) is 0 Å². The molecule has 0 radical (unpaired) electrons. The van der Waals surface area contributed by atoms with E-state index in [0.717, 1.165) is 5.56 Å². The first-order valence-electron chi connectivity index (χ1n) is 6.27. The summed E-state index contributed by atoms with van der Waals surface area (Å²) in [5.74, 6) is -1.74. The number of benzene rings is 1. The number of ether oxygens (including phenoxy) is 2. The average Bonchev–Trinajstić information content (AvgIpc) is 2.45. The van der Waals surface area contributed by atoms with Crippen molar-refractivity contribution < 1.29 is 29.0 Å². The molecule has 0 saturated carbocycles. The number of carboxylic acid groups (broad SMARTS) is 1. The fourth-order valence-corrected chi connectivity index (χ4v) is 1.60. The molecule has 0 bridgehead atoms. The molecule has 2 N–H and O–H groups in total. The van der Waals surface area contributed by atoms with Gasteiger partial charge in [-0.15, -0.1) is 0 Å². The number of aliphatic carboxylic acids is 1. The zero-order valence-electron chi connectivity index (χ0n) is 11.6. The maximum atomic E-state index is 11.6. The monoisotopic (exact) mass is 295 g/mol. The number of methoxy groups -OCH3 is 1. The molecule has 0 unspecified atom stereocenters. The molecule has 1 aromatic carbocycles. The third-order valence-electron chi connectivity index (χ3n) is 2.60. The SMILES string of the molecule is COC(=O)C[C@H](CC(=O)O)NC(=O)OCc1ccccc1. The Bertz CT molecular complexity index is 487. The number of hydrogen-bond acceptors (Lipinski definition) is 5. The lowest BCUT2D eigenvalue weighted by Gasteiger charge is -2.15. The Morgan fingerprint density at radius 1 is 1.19 bits per heavy atom. The van der Waals surface area contributed by atoms with Gasteiger partial charge in [0.15, 0.2) is 0 Å². The number of esters is 1. The minimum atomic E-state index is -1.13. The van der Waals surface area contributed by atoms with Gasteiger partial charge in [-0.05, 0) is 5.56 Å². The van der Waals surface area contributed by atoms with Crippen molar-refractivity contribution in [3.8, 4) is 0 Å². The third-order valence-corrected chi connectivity index (χ3v) is 2.60. The van der Waals surface area contributed by atoms with Crippen LogP contribution in [0.3, 0.4) is 0 Å². The predicted octanol–water partition coefficient (Wildman–Crippen LogP) is 1.32. The highest BCUT2D eigenvalue weighted by atomic mass is 16.5. The van der Waals surface area contributed by atoms with Gasteiger partial charge in [-0.25, -0.2) is 4.79 Å². The smallest absolute Gasteiger partial charge is 0.407 e. The van der Waals surface area contributed by atoms with Crippen LogP contribution in [0.4, 0.5) is 4.79 Å². The first-order chi connectivity index (χ1) is 10.0. The van der Waals surface area contributed by atoms with E-state index in [1.54, 1.807) is 24.3 Å². The number of carbonyl (C=O) groups is 3. The van der Waals surface area contributed by atoms with Gasteiger partial charge in [-0.1, -0.05) is 30.3 Å². The highest BCUT2D eigenvalue weighted by molar-refractivity contribution is 5.75. The molecule has 21 heavy (non-hydrogen) atoms. The van der Waals surface area contributed by atoms with E-state index in [4.69, 9.17) is 9.84 Å². The van der Waals surface area contributed by atoms with E-state index < -0.39 is 30.5 Å². The van der Waals surface area contributed by atoms with Gasteiger partial charge in [-0.3, -0.25) is 9.59 Å². The maximum Gasteiger partial charge on any atom is 0.407 e. The molecule has 1 aromatic rings. The van der Waals surface area contributed by atoms with Gasteiger partial charge in [0, 0.05) is 0 Å². The van der Waals surface area contributed by atoms with Crippen LogP contribution in [-0.2, 0) is 25.7 Å². The molecule has 0 aliphatic carbocycles. The van der Waals surface area contributed by atoms with Crippen LogP contribution in [0.15, 0.2) is 30.3 Å². The van der Waals surface area contributed by atoms with Crippen LogP contribution in [0.25, 0.3) is 0 Å². The van der Waals surface area contributed by atoms with Gasteiger partial charge in [0.05, 0.1) is 26.0 Å². The van der Waals surface area contributed by atoms with Crippen LogP contribution in [0, 0.1) is 0 Å². The van der Waals surface area contributed by atoms with E-state index in [9.17, 15) is 14.4 Å². The number of rotatable bonds is 7. The van der Waals surface area contributed by atoms with Crippen LogP contribution in [0.1, 0.15) is 18.4 Å². The second kappa shape index (κ2) is 8.57. The van der Waals surface area contributed by atoms with Crippen molar-refractivity contribution in [2.45, 2.75) is 25.5 Å². The fourth-order valence-electron chi connectivity index (χ4n) is 1.60. The zero-order chi connectivity index (χ0) is 15.7. The number of carbonyl (C=O) groups excluding carboxylic acids is 2. The first-order valence-corrected chi connectivity index (χ1v) is 6.27. The Balaban J connectivity index is 2.47. The van der Waals surface area contributed by atoms with Crippen molar-refractivity contribution in [2.75, 3.05) is 7.11 Å². The largest absolute Gasteiger partial charge is 0.481 e. The molecular weight excluding hydrogens is 278 g/mol. The predicted molar refractivity (Wildman–Crippen MR) is 72.4 cm³/mol. The molecule has 0 aromatic heterocycles. The lowest BCUT2D eigenvalue weighted by molar-refractivity contribution is -0.142. The van der Waals surface area contributed by atoms with Crippen LogP contribution in [0.5, 0.6) is 0 Å². The summed E-state index contributed by atoms with van der Waals surface area (Å²) in [7, 11) is 1.19. The second-order valence-corrected chi connectivity index (χ2v) is 4.28. The highest BCUT2D eigenvalue weighted by Gasteiger charge is 2.20. The summed E-state index contributed by atoms with van der Waals surface area (Å²) in [5.41, 5.74) is 0.801. The van der Waals surface area contributed by atoms with Gasteiger partial charge >= 0.3 is 18.0 Å². The van der Waals surface area contributed by atoms with Crippen molar-refractivity contribution in [1.82, 2.24) is 5.32 Å². The molecule has 7 nitrogen and oxygen atoms in total. The molecular formula is C14H17NO6. The standard InChI is InChI=1S/C14H17NO6/c1-20-13(18)8-11(7-12(16)17)15-14(19)21-9-10-5-3-2-4-6-10/h2-6,11H,7-9H2,1H3,(H,15,19)(H,16,17)/t11-/m0/s1. The fraction of sp³-hybridized carbons (Fsp3) is 0.357. The zero-order valence-corrected chi connectivity index (χ0v) is 11.6. The van der Waals surface area contributed by atoms with Crippen LogP contribution in [-0.4, -0.2) is 36.3 Å². The lowest BCUT2D eigenvalue weighted by Crippen LogP contribution is -2.38. The quantitative estimate of drug-likeness (QED) is 0.735. The second-order valence-electron chi connectivity index (χ2n) is 4.28. The molecule has 1 rings (SSSR count). The minimum Gasteiger partial charge on any atom is -0.481 e. The molecule has 0 fully saturated rings. The summed E-state index contributed by atoms with van der Waals surface area (Å²) in [6.45, 7) is 0.0602. The van der Waals surface area contributed by atoms with E-state index in [1.807, 2.05) is 6.07 Å². The average molecular weight is 295 g/mol. The Morgan fingerprint density at radius 3 is 2.43 bits per heavy atom. The normalized spacial score (nSPS) is 11.3. The van der Waals surface area contributed by atoms with E-state index in [0.29, 0.717) is 0 Å². The lowest BCUT2D eigenvalue weighted by atomic mass is 10.1. The van der Waals surface area contributed by atoms with Gasteiger partial charge in [-0.2, -0.15) is 0 Å². The van der Waals surface area contributed by atoms with Gasteiger partial charge < -0.3 is 19.9 Å². The highest BCUT2D eigenvalue weighted by Crippen LogP contribution is 2.04. The van der Waals surface area contributed by atoms with Gasteiger partial charge in [0.25, 0.3) is 0 Å². The third kappa shape index (κ3) is 6.95. The Hall–Kier alpha value is -2.57. The summed E-state index contributed by atoms with van der Waals surface area (Å²) >= 11 is 0. The summed E-state index contributed by atoms with van der Waals surface area (Å²) < 4.78 is 9.41. The van der Waals surface area contributed by atoms with E-state index in [2.05, 4.69) is 10.1 Å². The molecule has 0 saturated heterocycles. The molecule has 0 heterocycles. The number of amides is 1. The van der Waals surface area contributed by atoms with Gasteiger partial charge in [0.1, 0.15) is 6.61 Å². The summed E-state index contributed by atoms with van der Waals surface area (Å²) in [5, 5.41) is 11.1. The Labute approximate surface area is 121 Å². The molecule has 0 aliphatic heterocycles. The topological polar surface area (TPSA) is 102 Å². The van der Waals surface area contributed by atoms with Crippen molar-refractivity contribution in [2.24, 2.45) is 0 Å². The number of alkyl carbamates (subject to hydrolysis) is 1.